The summed E-state index contributed by atoms with van der Waals surface area (Å²) in [5.41, 5.74) is 1.03. The first-order valence-corrected chi connectivity index (χ1v) is 7.26. The van der Waals surface area contributed by atoms with Gasteiger partial charge in [-0.05, 0) is 25.3 Å². The van der Waals surface area contributed by atoms with Crippen molar-refractivity contribution in [2.24, 2.45) is 0 Å². The Morgan fingerprint density at radius 1 is 1.56 bits per heavy atom. The van der Waals surface area contributed by atoms with E-state index in [0.717, 1.165) is 22.3 Å². The molecule has 1 aliphatic carbocycles. The molecule has 1 N–H and O–H groups in total. The Hall–Kier alpha value is -1.36. The molecule has 0 radical (unpaired) electrons. The van der Waals surface area contributed by atoms with Crippen molar-refractivity contribution in [3.05, 3.63) is 16.6 Å². The number of hydrogen-bond donors (Lipinski definition) is 1. The average Bonchev–Trinajstić information content (AvgIpc) is 3.04. The molecule has 0 aromatic carbocycles. The van der Waals surface area contributed by atoms with Crippen LogP contribution in [0.2, 0.25) is 0 Å². The van der Waals surface area contributed by atoms with Gasteiger partial charge in [-0.3, -0.25) is 4.68 Å². The Bertz CT molecular complexity index is 593. The number of aromatic carboxylic acids is 1. The van der Waals surface area contributed by atoms with Gasteiger partial charge >= 0.3 is 5.97 Å². The van der Waals surface area contributed by atoms with Gasteiger partial charge in [0.15, 0.2) is 0 Å². The third kappa shape index (κ3) is 1.73. The van der Waals surface area contributed by atoms with Crippen molar-refractivity contribution >= 4 is 27.5 Å². The highest BCUT2D eigenvalue weighted by Crippen LogP contribution is 2.36. The van der Waals surface area contributed by atoms with Crippen molar-refractivity contribution in [2.45, 2.75) is 45.1 Å². The first kappa shape index (κ1) is 11.7. The summed E-state index contributed by atoms with van der Waals surface area (Å²) in [4.78, 5) is 12.5. The van der Waals surface area contributed by atoms with E-state index in [-0.39, 0.29) is 0 Å². The van der Waals surface area contributed by atoms with E-state index in [9.17, 15) is 4.79 Å². The van der Waals surface area contributed by atoms with Gasteiger partial charge in [0.2, 0.25) is 0 Å². The summed E-state index contributed by atoms with van der Waals surface area (Å²) in [6, 6.07) is 2.24. The van der Waals surface area contributed by atoms with Gasteiger partial charge in [-0.1, -0.05) is 19.8 Å². The summed E-state index contributed by atoms with van der Waals surface area (Å²) in [5.74, 6) is -0.837. The third-order valence-corrected chi connectivity index (χ3v) is 4.79. The van der Waals surface area contributed by atoms with Gasteiger partial charge in [0.1, 0.15) is 9.71 Å². The molecule has 0 aliphatic heterocycles. The lowest BCUT2D eigenvalue weighted by molar-refractivity contribution is 0.0702. The van der Waals surface area contributed by atoms with Crippen LogP contribution in [0.25, 0.3) is 10.2 Å². The SMILES string of the molecule is CCc1nn(C2CCCC2)c2sc(C(=O)O)cc12. The maximum absolute atomic E-state index is 11.1. The number of carbonyl (C=O) groups is 1. The number of aromatic nitrogens is 2. The number of hydrogen-bond acceptors (Lipinski definition) is 3. The van der Waals surface area contributed by atoms with Gasteiger partial charge in [-0.15, -0.1) is 11.3 Å². The predicted octanol–water partition coefficient (Wildman–Crippen LogP) is 3.47. The number of carboxylic acid groups (broad SMARTS) is 1. The minimum atomic E-state index is -0.837. The Kier molecular flexibility index (Phi) is 2.86. The molecule has 0 amide bonds. The third-order valence-electron chi connectivity index (χ3n) is 3.68. The van der Waals surface area contributed by atoms with Crippen LogP contribution in [0.3, 0.4) is 0 Å². The monoisotopic (exact) mass is 264 g/mol. The molecule has 2 aromatic heterocycles. The molecule has 1 fully saturated rings. The maximum Gasteiger partial charge on any atom is 0.345 e. The molecule has 2 heterocycles. The fourth-order valence-corrected chi connectivity index (χ4v) is 3.79. The fraction of sp³-hybridized carbons (Fsp3) is 0.538. The first-order chi connectivity index (χ1) is 8.70. The zero-order valence-corrected chi connectivity index (χ0v) is 11.2. The average molecular weight is 264 g/mol. The number of thiophene rings is 1. The van der Waals surface area contributed by atoms with Crippen LogP contribution in [0, 0.1) is 0 Å². The molecule has 0 atom stereocenters. The molecule has 18 heavy (non-hydrogen) atoms. The normalized spacial score (nSPS) is 16.7. The predicted molar refractivity (Wildman–Crippen MR) is 71.5 cm³/mol. The van der Waals surface area contributed by atoms with E-state index in [1.54, 1.807) is 6.07 Å². The summed E-state index contributed by atoms with van der Waals surface area (Å²) >= 11 is 1.36. The molecule has 2 aromatic rings. The molecule has 0 saturated heterocycles. The van der Waals surface area contributed by atoms with Crippen molar-refractivity contribution < 1.29 is 9.90 Å². The molecule has 1 aliphatic rings. The number of nitrogens with zero attached hydrogens (tertiary/aromatic N) is 2. The van der Waals surface area contributed by atoms with E-state index in [0.29, 0.717) is 10.9 Å². The Balaban J connectivity index is 2.15. The van der Waals surface area contributed by atoms with E-state index in [1.807, 2.05) is 0 Å². The van der Waals surface area contributed by atoms with Crippen molar-refractivity contribution in [3.63, 3.8) is 0 Å². The van der Waals surface area contributed by atoms with Crippen LogP contribution in [-0.4, -0.2) is 20.9 Å². The van der Waals surface area contributed by atoms with Crippen LogP contribution >= 0.6 is 11.3 Å². The first-order valence-electron chi connectivity index (χ1n) is 6.45. The highest BCUT2D eigenvalue weighted by molar-refractivity contribution is 7.20. The topological polar surface area (TPSA) is 55.1 Å². The smallest absolute Gasteiger partial charge is 0.345 e. The van der Waals surface area contributed by atoms with Crippen molar-refractivity contribution in [1.82, 2.24) is 9.78 Å². The molecule has 96 valence electrons. The molecule has 3 rings (SSSR count). The highest BCUT2D eigenvalue weighted by Gasteiger charge is 2.23. The van der Waals surface area contributed by atoms with Crippen LogP contribution in [0.4, 0.5) is 0 Å². The zero-order valence-electron chi connectivity index (χ0n) is 10.3. The zero-order chi connectivity index (χ0) is 12.7. The van der Waals surface area contributed by atoms with E-state index < -0.39 is 5.97 Å². The lowest BCUT2D eigenvalue weighted by Gasteiger charge is -2.09. The second-order valence-corrected chi connectivity index (χ2v) is 5.85. The van der Waals surface area contributed by atoms with Crippen LogP contribution in [0.1, 0.15) is 54.0 Å². The Morgan fingerprint density at radius 2 is 2.28 bits per heavy atom. The van der Waals surface area contributed by atoms with Gasteiger partial charge in [-0.2, -0.15) is 5.10 Å². The number of carboxylic acids is 1. The van der Waals surface area contributed by atoms with Gasteiger partial charge in [0.05, 0.1) is 11.7 Å². The summed E-state index contributed by atoms with van der Waals surface area (Å²) in [6.45, 7) is 2.07. The maximum atomic E-state index is 11.1. The van der Waals surface area contributed by atoms with Gasteiger partial charge in [-0.25, -0.2) is 4.79 Å². The van der Waals surface area contributed by atoms with Gasteiger partial charge in [0, 0.05) is 5.39 Å². The fourth-order valence-electron chi connectivity index (χ4n) is 2.75. The lowest BCUT2D eigenvalue weighted by atomic mass is 10.2. The summed E-state index contributed by atoms with van der Waals surface area (Å²) in [6.07, 6.45) is 5.70. The van der Waals surface area contributed by atoms with E-state index in [2.05, 4.69) is 16.7 Å². The van der Waals surface area contributed by atoms with E-state index in [4.69, 9.17) is 5.11 Å². The van der Waals surface area contributed by atoms with Crippen LogP contribution in [0.5, 0.6) is 0 Å². The minimum Gasteiger partial charge on any atom is -0.477 e. The number of aryl methyl sites for hydroxylation is 1. The largest absolute Gasteiger partial charge is 0.477 e. The Labute approximate surface area is 109 Å². The molecule has 4 nitrogen and oxygen atoms in total. The van der Waals surface area contributed by atoms with Crippen LogP contribution in [-0.2, 0) is 6.42 Å². The second-order valence-electron chi connectivity index (χ2n) is 4.82. The minimum absolute atomic E-state index is 0.420. The van der Waals surface area contributed by atoms with Gasteiger partial charge in [0.25, 0.3) is 0 Å². The van der Waals surface area contributed by atoms with Gasteiger partial charge < -0.3 is 5.11 Å². The lowest BCUT2D eigenvalue weighted by Crippen LogP contribution is -2.06. The molecule has 0 unspecified atom stereocenters. The van der Waals surface area contributed by atoms with Crippen LogP contribution in [0.15, 0.2) is 6.07 Å². The van der Waals surface area contributed by atoms with E-state index >= 15 is 0 Å². The van der Waals surface area contributed by atoms with Crippen LogP contribution < -0.4 is 0 Å². The molecule has 5 heteroatoms. The number of fused-ring (bicyclic) bond motifs is 1. The standard InChI is InChI=1S/C13H16N2O2S/c1-2-10-9-7-11(13(16)17)18-12(9)15(14-10)8-5-3-4-6-8/h7-8H,2-6H2,1H3,(H,16,17). The summed E-state index contributed by atoms with van der Waals surface area (Å²) in [7, 11) is 0. The molecule has 0 bridgehead atoms. The Morgan fingerprint density at radius 3 is 2.89 bits per heavy atom. The quantitative estimate of drug-likeness (QED) is 0.923. The summed E-state index contributed by atoms with van der Waals surface area (Å²) < 4.78 is 2.08. The van der Waals surface area contributed by atoms with E-state index in [1.165, 1.54) is 37.0 Å². The number of rotatable bonds is 3. The molecular weight excluding hydrogens is 248 g/mol. The van der Waals surface area contributed by atoms with Crippen molar-refractivity contribution in [2.75, 3.05) is 0 Å². The highest BCUT2D eigenvalue weighted by atomic mass is 32.1. The molecular formula is C13H16N2O2S. The molecule has 0 spiro atoms. The van der Waals surface area contributed by atoms with Crippen molar-refractivity contribution in [3.8, 4) is 0 Å². The van der Waals surface area contributed by atoms with Crippen molar-refractivity contribution in [1.29, 1.82) is 0 Å². The second kappa shape index (κ2) is 4.39. The summed E-state index contributed by atoms with van der Waals surface area (Å²) in [5, 5.41) is 14.8. The molecule has 1 saturated carbocycles.